The molecule has 1 aliphatic heterocycles. The van der Waals surface area contributed by atoms with Crippen LogP contribution in [0.25, 0.3) is 0 Å². The van der Waals surface area contributed by atoms with Crippen LogP contribution >= 0.6 is 0 Å². The lowest BCUT2D eigenvalue weighted by atomic mass is 10.1. The van der Waals surface area contributed by atoms with E-state index in [9.17, 15) is 10.1 Å². The van der Waals surface area contributed by atoms with Crippen LogP contribution in [0.4, 0.5) is 11.5 Å². The number of aromatic nitrogens is 1. The molecule has 6 heteroatoms. The Labute approximate surface area is 93.2 Å². The van der Waals surface area contributed by atoms with Crippen LogP contribution in [0.3, 0.4) is 0 Å². The van der Waals surface area contributed by atoms with Gasteiger partial charge in [-0.1, -0.05) is 0 Å². The van der Waals surface area contributed by atoms with Crippen LogP contribution in [0.5, 0.6) is 0 Å². The molecule has 0 saturated carbocycles. The average Bonchev–Trinajstić information content (AvgIpc) is 2.30. The number of nitrogens with zero attached hydrogens (tertiary/aromatic N) is 3. The fourth-order valence-electron chi connectivity index (χ4n) is 1.83. The molecule has 0 aromatic carbocycles. The topological polar surface area (TPSA) is 85.3 Å². The van der Waals surface area contributed by atoms with Crippen molar-refractivity contribution in [3.63, 3.8) is 0 Å². The molecule has 0 amide bonds. The zero-order valence-corrected chi connectivity index (χ0v) is 8.87. The first-order chi connectivity index (χ1) is 7.66. The molecule has 0 unspecified atom stereocenters. The SMILES string of the molecule is NC1CCN(c2ccc([N+](=O)[O-])nc2)CC1. The van der Waals surface area contributed by atoms with Crippen LogP contribution in [-0.2, 0) is 0 Å². The molecule has 0 bridgehead atoms. The number of rotatable bonds is 2. The fourth-order valence-corrected chi connectivity index (χ4v) is 1.83. The highest BCUT2D eigenvalue weighted by atomic mass is 16.6. The Morgan fingerprint density at radius 1 is 1.44 bits per heavy atom. The zero-order chi connectivity index (χ0) is 11.5. The number of nitro groups is 1. The highest BCUT2D eigenvalue weighted by Crippen LogP contribution is 2.20. The third-order valence-electron chi connectivity index (χ3n) is 2.82. The quantitative estimate of drug-likeness (QED) is 0.594. The normalized spacial score (nSPS) is 17.4. The monoisotopic (exact) mass is 222 g/mol. The lowest BCUT2D eigenvalue weighted by Crippen LogP contribution is -2.39. The minimum absolute atomic E-state index is 0.113. The lowest BCUT2D eigenvalue weighted by Gasteiger charge is -2.31. The Morgan fingerprint density at radius 3 is 2.62 bits per heavy atom. The molecule has 1 aromatic heterocycles. The number of hydrogen-bond donors (Lipinski definition) is 1. The maximum Gasteiger partial charge on any atom is 0.363 e. The van der Waals surface area contributed by atoms with Gasteiger partial charge in [-0.3, -0.25) is 0 Å². The molecule has 0 radical (unpaired) electrons. The van der Waals surface area contributed by atoms with Gasteiger partial charge in [0.15, 0.2) is 6.20 Å². The molecule has 1 aromatic rings. The maximum atomic E-state index is 10.4. The van der Waals surface area contributed by atoms with Crippen LogP contribution in [0.2, 0.25) is 0 Å². The van der Waals surface area contributed by atoms with Crippen LogP contribution in [0.15, 0.2) is 18.3 Å². The van der Waals surface area contributed by atoms with Crippen molar-refractivity contribution in [1.82, 2.24) is 4.98 Å². The molecule has 16 heavy (non-hydrogen) atoms. The van der Waals surface area contributed by atoms with Gasteiger partial charge in [0.25, 0.3) is 0 Å². The molecule has 0 atom stereocenters. The Kier molecular flexibility index (Phi) is 3.00. The molecule has 1 aliphatic rings. The molecule has 0 aliphatic carbocycles. The zero-order valence-electron chi connectivity index (χ0n) is 8.87. The van der Waals surface area contributed by atoms with Crippen molar-refractivity contribution in [3.8, 4) is 0 Å². The Bertz CT molecular complexity index is 371. The van der Waals surface area contributed by atoms with Crippen molar-refractivity contribution in [2.24, 2.45) is 5.73 Å². The summed E-state index contributed by atoms with van der Waals surface area (Å²) in [6, 6.07) is 3.45. The second kappa shape index (κ2) is 4.44. The minimum atomic E-state index is -0.490. The fraction of sp³-hybridized carbons (Fsp3) is 0.500. The first kappa shape index (κ1) is 10.8. The van der Waals surface area contributed by atoms with Crippen molar-refractivity contribution in [2.45, 2.75) is 18.9 Å². The Hall–Kier alpha value is -1.69. The first-order valence-corrected chi connectivity index (χ1v) is 5.28. The smallest absolute Gasteiger partial charge is 0.363 e. The van der Waals surface area contributed by atoms with Gasteiger partial charge in [-0.25, -0.2) is 0 Å². The Balaban J connectivity index is 2.07. The van der Waals surface area contributed by atoms with Crippen molar-refractivity contribution < 1.29 is 4.92 Å². The predicted molar refractivity (Wildman–Crippen MR) is 60.3 cm³/mol. The summed E-state index contributed by atoms with van der Waals surface area (Å²) < 4.78 is 0. The summed E-state index contributed by atoms with van der Waals surface area (Å²) in [5.74, 6) is -0.113. The molecule has 1 fully saturated rings. The summed E-state index contributed by atoms with van der Waals surface area (Å²) in [7, 11) is 0. The number of hydrogen-bond acceptors (Lipinski definition) is 5. The van der Waals surface area contributed by atoms with Crippen LogP contribution in [0.1, 0.15) is 12.8 Å². The molecule has 2 rings (SSSR count). The summed E-state index contributed by atoms with van der Waals surface area (Å²) in [6.45, 7) is 1.78. The first-order valence-electron chi connectivity index (χ1n) is 5.28. The van der Waals surface area contributed by atoms with Crippen LogP contribution < -0.4 is 10.6 Å². The summed E-state index contributed by atoms with van der Waals surface area (Å²) in [5.41, 5.74) is 6.74. The van der Waals surface area contributed by atoms with E-state index >= 15 is 0 Å². The van der Waals surface area contributed by atoms with Gasteiger partial charge < -0.3 is 20.7 Å². The molecule has 1 saturated heterocycles. The van der Waals surface area contributed by atoms with E-state index in [4.69, 9.17) is 5.73 Å². The standard InChI is InChI=1S/C10H14N4O2/c11-8-3-5-13(6-4-8)9-1-2-10(12-7-9)14(15)16/h1-2,7-8H,3-6,11H2. The highest BCUT2D eigenvalue weighted by Gasteiger charge is 2.18. The van der Waals surface area contributed by atoms with E-state index in [0.717, 1.165) is 31.6 Å². The van der Waals surface area contributed by atoms with E-state index in [0.29, 0.717) is 0 Å². The molecular weight excluding hydrogens is 208 g/mol. The van der Waals surface area contributed by atoms with Crippen molar-refractivity contribution in [3.05, 3.63) is 28.4 Å². The van der Waals surface area contributed by atoms with Gasteiger partial charge in [0.1, 0.15) is 0 Å². The maximum absolute atomic E-state index is 10.4. The van der Waals surface area contributed by atoms with Gasteiger partial charge in [-0.05, 0) is 28.8 Å². The lowest BCUT2D eigenvalue weighted by molar-refractivity contribution is -0.389. The van der Waals surface area contributed by atoms with E-state index in [1.165, 1.54) is 6.07 Å². The second-order valence-electron chi connectivity index (χ2n) is 3.96. The van der Waals surface area contributed by atoms with Crippen molar-refractivity contribution >= 4 is 11.5 Å². The Morgan fingerprint density at radius 2 is 2.12 bits per heavy atom. The molecule has 2 heterocycles. The van der Waals surface area contributed by atoms with Crippen molar-refractivity contribution in [1.29, 1.82) is 0 Å². The van der Waals surface area contributed by atoms with E-state index in [-0.39, 0.29) is 11.9 Å². The number of pyridine rings is 1. The van der Waals surface area contributed by atoms with Gasteiger partial charge in [-0.2, -0.15) is 0 Å². The van der Waals surface area contributed by atoms with Gasteiger partial charge in [-0.15, -0.1) is 0 Å². The van der Waals surface area contributed by atoms with E-state index in [2.05, 4.69) is 9.88 Å². The predicted octanol–water partition coefficient (Wildman–Crippen LogP) is 0.917. The average molecular weight is 222 g/mol. The van der Waals surface area contributed by atoms with Crippen molar-refractivity contribution in [2.75, 3.05) is 18.0 Å². The van der Waals surface area contributed by atoms with E-state index < -0.39 is 4.92 Å². The molecule has 6 nitrogen and oxygen atoms in total. The molecule has 0 spiro atoms. The summed E-state index contributed by atoms with van der Waals surface area (Å²) in [4.78, 5) is 15.9. The minimum Gasteiger partial charge on any atom is -0.368 e. The summed E-state index contributed by atoms with van der Waals surface area (Å²) >= 11 is 0. The summed E-state index contributed by atoms with van der Waals surface area (Å²) in [6.07, 6.45) is 3.46. The van der Waals surface area contributed by atoms with Gasteiger partial charge in [0, 0.05) is 25.2 Å². The molecule has 2 N–H and O–H groups in total. The van der Waals surface area contributed by atoms with Gasteiger partial charge in [0.2, 0.25) is 0 Å². The molecule has 86 valence electrons. The number of nitrogens with two attached hydrogens (primary N) is 1. The number of anilines is 1. The third-order valence-corrected chi connectivity index (χ3v) is 2.82. The van der Waals surface area contributed by atoms with Crippen LogP contribution in [-0.4, -0.2) is 29.0 Å². The highest BCUT2D eigenvalue weighted by molar-refractivity contribution is 5.46. The molecular formula is C10H14N4O2. The van der Waals surface area contributed by atoms with Gasteiger partial charge in [0.05, 0.1) is 5.69 Å². The second-order valence-corrected chi connectivity index (χ2v) is 3.96. The number of piperidine rings is 1. The summed E-state index contributed by atoms with van der Waals surface area (Å²) in [5, 5.41) is 10.4. The van der Waals surface area contributed by atoms with Gasteiger partial charge >= 0.3 is 5.82 Å². The van der Waals surface area contributed by atoms with E-state index in [1.807, 2.05) is 0 Å². The van der Waals surface area contributed by atoms with E-state index in [1.54, 1.807) is 12.3 Å². The largest absolute Gasteiger partial charge is 0.368 e. The third kappa shape index (κ3) is 2.27. The van der Waals surface area contributed by atoms with Crippen LogP contribution in [0, 0.1) is 10.1 Å².